The quantitative estimate of drug-likeness (QED) is 0.821. The van der Waals surface area contributed by atoms with E-state index in [1.165, 1.54) is 0 Å². The Labute approximate surface area is 93.9 Å². The summed E-state index contributed by atoms with van der Waals surface area (Å²) < 4.78 is 0. The van der Waals surface area contributed by atoms with E-state index < -0.39 is 5.91 Å². The van der Waals surface area contributed by atoms with Gasteiger partial charge in [-0.3, -0.25) is 4.79 Å². The molecule has 0 aromatic heterocycles. The standard InChI is InChI=1S/C13H12N2O/c14-13(16)10-5-4-8-12(9-10)15-11-6-2-1-3-7-11/h1-9,15H,(H2,14,16). The van der Waals surface area contributed by atoms with Crippen molar-refractivity contribution in [2.75, 3.05) is 5.32 Å². The van der Waals surface area contributed by atoms with Crippen LogP contribution in [0, 0.1) is 0 Å². The fraction of sp³-hybridized carbons (Fsp3) is 0. The van der Waals surface area contributed by atoms with Gasteiger partial charge >= 0.3 is 0 Å². The zero-order valence-corrected chi connectivity index (χ0v) is 8.68. The molecule has 1 amide bonds. The lowest BCUT2D eigenvalue weighted by Crippen LogP contribution is -2.10. The van der Waals surface area contributed by atoms with Crippen LogP contribution in [0.4, 0.5) is 11.4 Å². The first-order valence-corrected chi connectivity index (χ1v) is 4.97. The number of para-hydroxylation sites is 1. The van der Waals surface area contributed by atoms with Gasteiger partial charge in [-0.05, 0) is 30.3 Å². The van der Waals surface area contributed by atoms with Gasteiger partial charge in [0.2, 0.25) is 5.91 Å². The minimum Gasteiger partial charge on any atom is -0.366 e. The van der Waals surface area contributed by atoms with Crippen molar-refractivity contribution < 1.29 is 4.79 Å². The average Bonchev–Trinajstić information content (AvgIpc) is 2.30. The third kappa shape index (κ3) is 2.39. The third-order valence-electron chi connectivity index (χ3n) is 2.21. The molecule has 2 aromatic rings. The van der Waals surface area contributed by atoms with Crippen molar-refractivity contribution in [2.45, 2.75) is 0 Å². The first-order chi connectivity index (χ1) is 7.75. The van der Waals surface area contributed by atoms with Gasteiger partial charge in [0.1, 0.15) is 0 Å². The van der Waals surface area contributed by atoms with Crippen molar-refractivity contribution >= 4 is 17.3 Å². The second-order valence-electron chi connectivity index (χ2n) is 3.44. The summed E-state index contributed by atoms with van der Waals surface area (Å²) >= 11 is 0. The number of benzene rings is 2. The Kier molecular flexibility index (Phi) is 2.87. The summed E-state index contributed by atoms with van der Waals surface area (Å²) in [5.74, 6) is -0.420. The van der Waals surface area contributed by atoms with E-state index in [4.69, 9.17) is 5.73 Å². The monoisotopic (exact) mass is 212 g/mol. The number of rotatable bonds is 3. The molecule has 0 unspecified atom stereocenters. The zero-order chi connectivity index (χ0) is 11.4. The molecule has 0 aliphatic rings. The highest BCUT2D eigenvalue weighted by molar-refractivity contribution is 5.93. The molecular formula is C13H12N2O. The van der Waals surface area contributed by atoms with Gasteiger partial charge in [0.05, 0.1) is 0 Å². The summed E-state index contributed by atoms with van der Waals surface area (Å²) in [7, 11) is 0. The van der Waals surface area contributed by atoms with E-state index in [0.717, 1.165) is 11.4 Å². The van der Waals surface area contributed by atoms with Gasteiger partial charge in [0.15, 0.2) is 0 Å². The van der Waals surface area contributed by atoms with Crippen molar-refractivity contribution in [2.24, 2.45) is 5.73 Å². The van der Waals surface area contributed by atoms with Gasteiger partial charge in [0.25, 0.3) is 0 Å². The minimum absolute atomic E-state index is 0.420. The van der Waals surface area contributed by atoms with Crippen LogP contribution >= 0.6 is 0 Å². The van der Waals surface area contributed by atoms with Crippen LogP contribution in [0.25, 0.3) is 0 Å². The number of carbonyl (C=O) groups excluding carboxylic acids is 1. The van der Waals surface area contributed by atoms with Gasteiger partial charge < -0.3 is 11.1 Å². The Morgan fingerprint density at radius 1 is 0.938 bits per heavy atom. The predicted molar refractivity (Wildman–Crippen MR) is 64.7 cm³/mol. The fourth-order valence-electron chi connectivity index (χ4n) is 1.44. The Balaban J connectivity index is 2.22. The molecule has 0 radical (unpaired) electrons. The Hall–Kier alpha value is -2.29. The SMILES string of the molecule is NC(=O)c1cccc(Nc2ccccc2)c1. The molecule has 0 heterocycles. The second-order valence-corrected chi connectivity index (χ2v) is 3.44. The summed E-state index contributed by atoms with van der Waals surface area (Å²) in [6.45, 7) is 0. The van der Waals surface area contributed by atoms with E-state index in [-0.39, 0.29) is 0 Å². The molecule has 0 saturated heterocycles. The topological polar surface area (TPSA) is 55.1 Å². The highest BCUT2D eigenvalue weighted by Crippen LogP contribution is 2.16. The Morgan fingerprint density at radius 2 is 1.62 bits per heavy atom. The molecule has 0 aliphatic heterocycles. The van der Waals surface area contributed by atoms with Crippen molar-refractivity contribution in [1.29, 1.82) is 0 Å². The van der Waals surface area contributed by atoms with Crippen molar-refractivity contribution in [3.05, 3.63) is 60.2 Å². The number of nitrogens with one attached hydrogen (secondary N) is 1. The summed E-state index contributed by atoms with van der Waals surface area (Å²) in [6, 6.07) is 16.9. The fourth-order valence-corrected chi connectivity index (χ4v) is 1.44. The van der Waals surface area contributed by atoms with Crippen LogP contribution in [-0.4, -0.2) is 5.91 Å². The highest BCUT2D eigenvalue weighted by atomic mass is 16.1. The van der Waals surface area contributed by atoms with E-state index in [2.05, 4.69) is 5.32 Å². The van der Waals surface area contributed by atoms with Crippen molar-refractivity contribution in [3.63, 3.8) is 0 Å². The molecule has 0 saturated carbocycles. The summed E-state index contributed by atoms with van der Waals surface area (Å²) in [4.78, 5) is 11.0. The first-order valence-electron chi connectivity index (χ1n) is 4.97. The molecule has 3 heteroatoms. The van der Waals surface area contributed by atoms with Crippen LogP contribution in [0.2, 0.25) is 0 Å². The normalized spacial score (nSPS) is 9.75. The van der Waals surface area contributed by atoms with Gasteiger partial charge in [-0.25, -0.2) is 0 Å². The molecule has 2 aromatic carbocycles. The molecule has 3 N–H and O–H groups in total. The Morgan fingerprint density at radius 3 is 2.31 bits per heavy atom. The highest BCUT2D eigenvalue weighted by Gasteiger charge is 2.00. The van der Waals surface area contributed by atoms with Crippen LogP contribution in [0.3, 0.4) is 0 Å². The van der Waals surface area contributed by atoms with Crippen LogP contribution < -0.4 is 11.1 Å². The minimum atomic E-state index is -0.420. The van der Waals surface area contributed by atoms with Gasteiger partial charge in [-0.1, -0.05) is 24.3 Å². The van der Waals surface area contributed by atoms with E-state index in [9.17, 15) is 4.79 Å². The molecule has 2 rings (SSSR count). The Bertz CT molecular complexity index is 494. The third-order valence-corrected chi connectivity index (χ3v) is 2.21. The lowest BCUT2D eigenvalue weighted by Gasteiger charge is -2.06. The number of anilines is 2. The summed E-state index contributed by atoms with van der Waals surface area (Å²) in [5.41, 5.74) is 7.54. The van der Waals surface area contributed by atoms with Gasteiger partial charge in [-0.15, -0.1) is 0 Å². The maximum atomic E-state index is 11.0. The lowest BCUT2D eigenvalue weighted by molar-refractivity contribution is 0.100. The number of carbonyl (C=O) groups is 1. The van der Waals surface area contributed by atoms with Crippen LogP contribution in [0.1, 0.15) is 10.4 Å². The van der Waals surface area contributed by atoms with Crippen LogP contribution in [0.15, 0.2) is 54.6 Å². The van der Waals surface area contributed by atoms with Crippen LogP contribution in [-0.2, 0) is 0 Å². The average molecular weight is 212 g/mol. The number of amides is 1. The van der Waals surface area contributed by atoms with Crippen LogP contribution in [0.5, 0.6) is 0 Å². The van der Waals surface area contributed by atoms with E-state index in [1.807, 2.05) is 36.4 Å². The molecule has 16 heavy (non-hydrogen) atoms. The molecule has 80 valence electrons. The first kappa shape index (κ1) is 10.2. The number of hydrogen-bond acceptors (Lipinski definition) is 2. The van der Waals surface area contributed by atoms with Gasteiger partial charge in [0, 0.05) is 16.9 Å². The molecule has 0 atom stereocenters. The lowest BCUT2D eigenvalue weighted by atomic mass is 10.2. The molecule has 3 nitrogen and oxygen atoms in total. The van der Waals surface area contributed by atoms with E-state index in [0.29, 0.717) is 5.56 Å². The molecule has 0 spiro atoms. The summed E-state index contributed by atoms with van der Waals surface area (Å²) in [5, 5.41) is 3.19. The van der Waals surface area contributed by atoms with Crippen molar-refractivity contribution in [3.8, 4) is 0 Å². The maximum absolute atomic E-state index is 11.0. The second kappa shape index (κ2) is 4.49. The van der Waals surface area contributed by atoms with E-state index >= 15 is 0 Å². The molecule has 0 aliphatic carbocycles. The molecule has 0 fully saturated rings. The zero-order valence-electron chi connectivity index (χ0n) is 8.68. The molecular weight excluding hydrogens is 200 g/mol. The van der Waals surface area contributed by atoms with Crippen molar-refractivity contribution in [1.82, 2.24) is 0 Å². The maximum Gasteiger partial charge on any atom is 0.248 e. The number of hydrogen-bond donors (Lipinski definition) is 2. The molecule has 0 bridgehead atoms. The predicted octanol–water partition coefficient (Wildman–Crippen LogP) is 2.53. The van der Waals surface area contributed by atoms with Gasteiger partial charge in [-0.2, -0.15) is 0 Å². The smallest absolute Gasteiger partial charge is 0.248 e. The summed E-state index contributed by atoms with van der Waals surface area (Å²) in [6.07, 6.45) is 0. The number of nitrogens with two attached hydrogens (primary N) is 1. The number of primary amides is 1. The largest absolute Gasteiger partial charge is 0.366 e. The van der Waals surface area contributed by atoms with E-state index in [1.54, 1.807) is 18.2 Å².